The van der Waals surface area contributed by atoms with Gasteiger partial charge in [-0.2, -0.15) is 5.10 Å². The molecule has 0 radical (unpaired) electrons. The number of nitrogens with one attached hydrogen (secondary N) is 1. The molecule has 0 saturated heterocycles. The van der Waals surface area contributed by atoms with Gasteiger partial charge in [0.15, 0.2) is 0 Å². The minimum Gasteiger partial charge on any atom is -0.369 e. The van der Waals surface area contributed by atoms with Crippen LogP contribution in [0.3, 0.4) is 0 Å². The van der Waals surface area contributed by atoms with E-state index in [2.05, 4.69) is 35.4 Å². The zero-order valence-electron chi connectivity index (χ0n) is 10.3. The van der Waals surface area contributed by atoms with Crippen molar-refractivity contribution in [2.45, 2.75) is 51.9 Å². The topological polar surface area (TPSA) is 37.8 Å². The first-order valence-corrected chi connectivity index (χ1v) is 6.45. The molecule has 0 spiro atoms. The Labute approximate surface area is 97.7 Å². The number of hydrogen-bond donors (Lipinski definition) is 1. The van der Waals surface area contributed by atoms with Gasteiger partial charge in [-0.1, -0.05) is 13.8 Å². The molecule has 0 aliphatic heterocycles. The molecule has 3 nitrogen and oxygen atoms in total. The third-order valence-corrected chi connectivity index (χ3v) is 3.34. The number of fused-ring (bicyclic) bond motifs is 1. The molecule has 1 unspecified atom stereocenters. The van der Waals surface area contributed by atoms with Gasteiger partial charge in [0.2, 0.25) is 0 Å². The fraction of sp³-hybridized carbons (Fsp3) is 0.692. The average Bonchev–Trinajstić information content (AvgIpc) is 2.35. The lowest BCUT2D eigenvalue weighted by Gasteiger charge is -2.22. The van der Waals surface area contributed by atoms with Gasteiger partial charge in [0.1, 0.15) is 5.82 Å². The SMILES string of the molecule is CCCNc1cc2c(nn1)C(CC)CCC2. The average molecular weight is 219 g/mol. The van der Waals surface area contributed by atoms with Crippen LogP contribution in [0.2, 0.25) is 0 Å². The Morgan fingerprint density at radius 1 is 1.38 bits per heavy atom. The van der Waals surface area contributed by atoms with Crippen LogP contribution in [0, 0.1) is 0 Å². The zero-order valence-corrected chi connectivity index (χ0v) is 10.3. The summed E-state index contributed by atoms with van der Waals surface area (Å²) in [5, 5.41) is 12.0. The first-order chi connectivity index (χ1) is 7.85. The van der Waals surface area contributed by atoms with Crippen molar-refractivity contribution in [2.75, 3.05) is 11.9 Å². The van der Waals surface area contributed by atoms with E-state index in [1.165, 1.54) is 36.9 Å². The van der Waals surface area contributed by atoms with Gasteiger partial charge in [-0.25, -0.2) is 0 Å². The van der Waals surface area contributed by atoms with Crippen LogP contribution in [-0.4, -0.2) is 16.7 Å². The molecule has 2 rings (SSSR count). The summed E-state index contributed by atoms with van der Waals surface area (Å²) in [5.74, 6) is 1.58. The van der Waals surface area contributed by atoms with E-state index < -0.39 is 0 Å². The first-order valence-electron chi connectivity index (χ1n) is 6.45. The van der Waals surface area contributed by atoms with Gasteiger partial charge in [0, 0.05) is 12.5 Å². The maximum absolute atomic E-state index is 4.41. The van der Waals surface area contributed by atoms with Crippen LogP contribution in [0.1, 0.15) is 56.7 Å². The Morgan fingerprint density at radius 2 is 2.25 bits per heavy atom. The lowest BCUT2D eigenvalue weighted by atomic mass is 9.85. The highest BCUT2D eigenvalue weighted by atomic mass is 15.2. The highest BCUT2D eigenvalue weighted by Crippen LogP contribution is 2.32. The van der Waals surface area contributed by atoms with Gasteiger partial charge in [-0.15, -0.1) is 5.10 Å². The Balaban J connectivity index is 2.18. The third-order valence-electron chi connectivity index (χ3n) is 3.34. The third kappa shape index (κ3) is 2.34. The number of anilines is 1. The normalized spacial score (nSPS) is 19.2. The molecule has 1 atom stereocenters. The number of rotatable bonds is 4. The summed E-state index contributed by atoms with van der Waals surface area (Å²) in [4.78, 5) is 0. The summed E-state index contributed by atoms with van der Waals surface area (Å²) < 4.78 is 0. The van der Waals surface area contributed by atoms with Gasteiger partial charge >= 0.3 is 0 Å². The maximum Gasteiger partial charge on any atom is 0.148 e. The maximum atomic E-state index is 4.41. The molecule has 1 aliphatic carbocycles. The van der Waals surface area contributed by atoms with E-state index in [9.17, 15) is 0 Å². The summed E-state index contributed by atoms with van der Waals surface area (Å²) in [6.07, 6.45) is 6.05. The first kappa shape index (κ1) is 11.4. The Morgan fingerprint density at radius 3 is 3.00 bits per heavy atom. The molecule has 88 valence electrons. The van der Waals surface area contributed by atoms with E-state index in [1.54, 1.807) is 0 Å². The number of nitrogens with zero attached hydrogens (tertiary/aromatic N) is 2. The smallest absolute Gasteiger partial charge is 0.148 e. The fourth-order valence-corrected chi connectivity index (χ4v) is 2.40. The van der Waals surface area contributed by atoms with Crippen LogP contribution in [0.25, 0.3) is 0 Å². The molecule has 0 bridgehead atoms. The largest absolute Gasteiger partial charge is 0.369 e. The number of aromatic nitrogens is 2. The van der Waals surface area contributed by atoms with E-state index in [-0.39, 0.29) is 0 Å². The van der Waals surface area contributed by atoms with Crippen molar-refractivity contribution in [3.8, 4) is 0 Å². The Kier molecular flexibility index (Phi) is 3.75. The van der Waals surface area contributed by atoms with Crippen molar-refractivity contribution in [1.82, 2.24) is 10.2 Å². The molecule has 1 aliphatic rings. The van der Waals surface area contributed by atoms with E-state index in [1.807, 2.05) is 0 Å². The van der Waals surface area contributed by atoms with Crippen molar-refractivity contribution < 1.29 is 0 Å². The lowest BCUT2D eigenvalue weighted by molar-refractivity contribution is 0.518. The second-order valence-electron chi connectivity index (χ2n) is 4.56. The van der Waals surface area contributed by atoms with Crippen molar-refractivity contribution in [3.63, 3.8) is 0 Å². The predicted molar refractivity (Wildman–Crippen MR) is 66.8 cm³/mol. The molecule has 3 heteroatoms. The van der Waals surface area contributed by atoms with Gasteiger partial charge in [-0.3, -0.25) is 0 Å². The predicted octanol–water partition coefficient (Wildman–Crippen LogP) is 3.13. The molecule has 0 aromatic carbocycles. The van der Waals surface area contributed by atoms with Crippen molar-refractivity contribution in [2.24, 2.45) is 0 Å². The molecule has 1 N–H and O–H groups in total. The summed E-state index contributed by atoms with van der Waals surface area (Å²) in [7, 11) is 0. The van der Waals surface area contributed by atoms with E-state index in [0.717, 1.165) is 18.8 Å². The summed E-state index contributed by atoms with van der Waals surface area (Å²) in [6.45, 7) is 5.38. The standard InChI is InChI=1S/C13H21N3/c1-3-8-14-12-9-11-7-5-6-10(4-2)13(11)16-15-12/h9-10H,3-8H2,1-2H3,(H,14,15). The van der Waals surface area contributed by atoms with Crippen LogP contribution in [0.4, 0.5) is 5.82 Å². The van der Waals surface area contributed by atoms with Crippen molar-refractivity contribution in [3.05, 3.63) is 17.3 Å². The molecule has 0 saturated carbocycles. The molecule has 1 heterocycles. The highest BCUT2D eigenvalue weighted by Gasteiger charge is 2.20. The van der Waals surface area contributed by atoms with E-state index in [0.29, 0.717) is 5.92 Å². The quantitative estimate of drug-likeness (QED) is 0.845. The second kappa shape index (κ2) is 5.28. The monoisotopic (exact) mass is 219 g/mol. The lowest BCUT2D eigenvalue weighted by Crippen LogP contribution is -2.14. The van der Waals surface area contributed by atoms with E-state index in [4.69, 9.17) is 0 Å². The molecular weight excluding hydrogens is 198 g/mol. The molecule has 1 aromatic rings. The van der Waals surface area contributed by atoms with Crippen LogP contribution < -0.4 is 5.32 Å². The van der Waals surface area contributed by atoms with Gasteiger partial charge in [0.05, 0.1) is 5.69 Å². The Bertz CT molecular complexity index is 349. The minimum absolute atomic E-state index is 0.636. The van der Waals surface area contributed by atoms with E-state index >= 15 is 0 Å². The van der Waals surface area contributed by atoms with Crippen LogP contribution in [-0.2, 0) is 6.42 Å². The number of hydrogen-bond acceptors (Lipinski definition) is 3. The van der Waals surface area contributed by atoms with Crippen LogP contribution in [0.15, 0.2) is 6.07 Å². The second-order valence-corrected chi connectivity index (χ2v) is 4.56. The van der Waals surface area contributed by atoms with Gasteiger partial charge in [0.25, 0.3) is 0 Å². The fourth-order valence-electron chi connectivity index (χ4n) is 2.40. The van der Waals surface area contributed by atoms with Gasteiger partial charge in [-0.05, 0) is 43.7 Å². The zero-order chi connectivity index (χ0) is 11.4. The molecule has 0 amide bonds. The van der Waals surface area contributed by atoms with Gasteiger partial charge < -0.3 is 5.32 Å². The minimum atomic E-state index is 0.636. The van der Waals surface area contributed by atoms with Crippen LogP contribution in [0.5, 0.6) is 0 Å². The van der Waals surface area contributed by atoms with Crippen LogP contribution >= 0.6 is 0 Å². The molecule has 1 aromatic heterocycles. The summed E-state index contributed by atoms with van der Waals surface area (Å²) in [5.41, 5.74) is 2.66. The summed E-state index contributed by atoms with van der Waals surface area (Å²) in [6, 6.07) is 2.19. The van der Waals surface area contributed by atoms with Crippen molar-refractivity contribution in [1.29, 1.82) is 0 Å². The summed E-state index contributed by atoms with van der Waals surface area (Å²) >= 11 is 0. The Hall–Kier alpha value is -1.12. The molecule has 16 heavy (non-hydrogen) atoms. The van der Waals surface area contributed by atoms with Crippen molar-refractivity contribution >= 4 is 5.82 Å². The molecule has 0 fully saturated rings. The highest BCUT2D eigenvalue weighted by molar-refractivity contribution is 5.40. The number of aryl methyl sites for hydroxylation is 1. The molecular formula is C13H21N3.